The zero-order chi connectivity index (χ0) is 13.7. The fraction of sp³-hybridized carbons (Fsp3) is 0.933. The Labute approximate surface area is 116 Å². The lowest BCUT2D eigenvalue weighted by molar-refractivity contribution is -0.121. The Morgan fingerprint density at radius 2 is 2.21 bits per heavy atom. The lowest BCUT2D eigenvalue weighted by Gasteiger charge is -2.32. The standard InChI is InChI=1S/C15H28N2O2/c1-17-10-4-3-5-13(17)6-7-14(18)16-11-15(8-9-15)12-19-2/h13H,3-12H2,1-2H3,(H,16,18). The summed E-state index contributed by atoms with van der Waals surface area (Å²) in [5.41, 5.74) is 0.256. The fourth-order valence-electron chi connectivity index (χ4n) is 3.04. The molecule has 4 heteroatoms. The molecule has 2 aliphatic rings. The van der Waals surface area contributed by atoms with E-state index in [4.69, 9.17) is 4.74 Å². The van der Waals surface area contributed by atoms with Crippen LogP contribution in [-0.2, 0) is 9.53 Å². The quantitative estimate of drug-likeness (QED) is 0.765. The van der Waals surface area contributed by atoms with Crippen LogP contribution in [0.1, 0.15) is 44.9 Å². The predicted molar refractivity (Wildman–Crippen MR) is 76.1 cm³/mol. The molecule has 1 atom stereocenters. The number of hydrogen-bond donors (Lipinski definition) is 1. The zero-order valence-corrected chi connectivity index (χ0v) is 12.4. The highest BCUT2D eigenvalue weighted by atomic mass is 16.5. The van der Waals surface area contributed by atoms with Crippen molar-refractivity contribution in [3.05, 3.63) is 0 Å². The number of amides is 1. The molecule has 0 spiro atoms. The molecule has 1 heterocycles. The van der Waals surface area contributed by atoms with Crippen molar-refractivity contribution in [3.63, 3.8) is 0 Å². The van der Waals surface area contributed by atoms with E-state index in [-0.39, 0.29) is 11.3 Å². The number of piperidine rings is 1. The third-order valence-corrected chi connectivity index (χ3v) is 4.69. The molecule has 1 aliphatic heterocycles. The molecule has 1 saturated carbocycles. The van der Waals surface area contributed by atoms with Crippen LogP contribution < -0.4 is 5.32 Å². The van der Waals surface area contributed by atoms with Crippen LogP contribution in [0.4, 0.5) is 0 Å². The van der Waals surface area contributed by atoms with Gasteiger partial charge >= 0.3 is 0 Å². The molecule has 0 bridgehead atoms. The van der Waals surface area contributed by atoms with Crippen molar-refractivity contribution >= 4 is 5.91 Å². The van der Waals surface area contributed by atoms with Crippen molar-refractivity contribution in [2.24, 2.45) is 5.41 Å². The van der Waals surface area contributed by atoms with Gasteiger partial charge in [-0.15, -0.1) is 0 Å². The number of methoxy groups -OCH3 is 1. The molecule has 2 fully saturated rings. The molecule has 19 heavy (non-hydrogen) atoms. The second-order valence-electron chi connectivity index (χ2n) is 6.38. The van der Waals surface area contributed by atoms with Gasteiger partial charge in [0.05, 0.1) is 6.61 Å². The van der Waals surface area contributed by atoms with Crippen LogP contribution in [0, 0.1) is 5.41 Å². The van der Waals surface area contributed by atoms with E-state index in [2.05, 4.69) is 17.3 Å². The topological polar surface area (TPSA) is 41.6 Å². The summed E-state index contributed by atoms with van der Waals surface area (Å²) < 4.78 is 5.21. The molecule has 0 aromatic heterocycles. The first-order chi connectivity index (χ1) is 9.15. The van der Waals surface area contributed by atoms with E-state index >= 15 is 0 Å². The monoisotopic (exact) mass is 268 g/mol. The van der Waals surface area contributed by atoms with Gasteiger partial charge in [0.15, 0.2) is 0 Å². The van der Waals surface area contributed by atoms with E-state index < -0.39 is 0 Å². The number of nitrogens with one attached hydrogen (secondary N) is 1. The van der Waals surface area contributed by atoms with Crippen LogP contribution in [0.2, 0.25) is 0 Å². The van der Waals surface area contributed by atoms with Gasteiger partial charge in [-0.05, 0) is 45.7 Å². The summed E-state index contributed by atoms with van der Waals surface area (Å²) in [4.78, 5) is 14.3. The molecule has 4 nitrogen and oxygen atoms in total. The molecule has 1 unspecified atom stereocenters. The lowest BCUT2D eigenvalue weighted by atomic mass is 9.98. The van der Waals surface area contributed by atoms with Gasteiger partial charge in [-0.1, -0.05) is 6.42 Å². The average Bonchev–Trinajstić information content (AvgIpc) is 3.16. The van der Waals surface area contributed by atoms with Gasteiger partial charge in [-0.2, -0.15) is 0 Å². The maximum Gasteiger partial charge on any atom is 0.220 e. The van der Waals surface area contributed by atoms with Gasteiger partial charge in [0.2, 0.25) is 5.91 Å². The van der Waals surface area contributed by atoms with E-state index in [0.717, 1.165) is 19.6 Å². The first-order valence-corrected chi connectivity index (χ1v) is 7.61. The van der Waals surface area contributed by atoms with Gasteiger partial charge in [0.1, 0.15) is 0 Å². The molecule has 1 N–H and O–H groups in total. The SMILES string of the molecule is COCC1(CNC(=O)CCC2CCCCN2C)CC1. The number of likely N-dealkylation sites (tertiary alicyclic amines) is 1. The highest BCUT2D eigenvalue weighted by Crippen LogP contribution is 2.45. The highest BCUT2D eigenvalue weighted by molar-refractivity contribution is 5.76. The van der Waals surface area contributed by atoms with Crippen molar-refractivity contribution < 1.29 is 9.53 Å². The van der Waals surface area contributed by atoms with Crippen molar-refractivity contribution in [3.8, 4) is 0 Å². The Kier molecular flexibility index (Phi) is 5.22. The molecule has 0 aromatic rings. The Morgan fingerprint density at radius 1 is 1.42 bits per heavy atom. The summed E-state index contributed by atoms with van der Waals surface area (Å²) in [6.45, 7) is 2.75. The third-order valence-electron chi connectivity index (χ3n) is 4.69. The normalized spacial score (nSPS) is 26.1. The second kappa shape index (κ2) is 6.71. The first kappa shape index (κ1) is 14.8. The van der Waals surface area contributed by atoms with E-state index in [1.807, 2.05) is 0 Å². The van der Waals surface area contributed by atoms with Crippen LogP contribution in [0.15, 0.2) is 0 Å². The van der Waals surface area contributed by atoms with Crippen molar-refractivity contribution in [1.29, 1.82) is 0 Å². The van der Waals surface area contributed by atoms with Crippen LogP contribution in [0.3, 0.4) is 0 Å². The summed E-state index contributed by atoms with van der Waals surface area (Å²) in [7, 11) is 3.92. The summed E-state index contributed by atoms with van der Waals surface area (Å²) in [6.07, 6.45) is 7.90. The van der Waals surface area contributed by atoms with E-state index in [1.165, 1.54) is 38.6 Å². The van der Waals surface area contributed by atoms with Crippen LogP contribution in [-0.4, -0.2) is 50.7 Å². The molecule has 1 amide bonds. The number of rotatable bonds is 7. The van der Waals surface area contributed by atoms with Crippen molar-refractivity contribution in [2.75, 3.05) is 33.9 Å². The van der Waals surface area contributed by atoms with Gasteiger partial charge < -0.3 is 15.0 Å². The first-order valence-electron chi connectivity index (χ1n) is 7.61. The zero-order valence-electron chi connectivity index (χ0n) is 12.4. The van der Waals surface area contributed by atoms with Crippen molar-refractivity contribution in [1.82, 2.24) is 10.2 Å². The Bertz CT molecular complexity index is 303. The molecule has 110 valence electrons. The Morgan fingerprint density at radius 3 is 2.84 bits per heavy atom. The number of ether oxygens (including phenoxy) is 1. The average molecular weight is 268 g/mol. The molecule has 0 aromatic carbocycles. The number of carbonyl (C=O) groups is 1. The smallest absolute Gasteiger partial charge is 0.220 e. The number of nitrogens with zero attached hydrogens (tertiary/aromatic N) is 1. The highest BCUT2D eigenvalue weighted by Gasteiger charge is 2.42. The fourth-order valence-corrected chi connectivity index (χ4v) is 3.04. The predicted octanol–water partition coefficient (Wildman–Crippen LogP) is 1.79. The largest absolute Gasteiger partial charge is 0.384 e. The molecule has 2 rings (SSSR count). The molecule has 1 aliphatic carbocycles. The maximum absolute atomic E-state index is 11.9. The van der Waals surface area contributed by atoms with E-state index in [9.17, 15) is 4.79 Å². The summed E-state index contributed by atoms with van der Waals surface area (Å²) >= 11 is 0. The minimum Gasteiger partial charge on any atom is -0.384 e. The summed E-state index contributed by atoms with van der Waals surface area (Å²) in [5.74, 6) is 0.210. The van der Waals surface area contributed by atoms with E-state index in [0.29, 0.717) is 12.5 Å². The van der Waals surface area contributed by atoms with Gasteiger partial charge in [0.25, 0.3) is 0 Å². The van der Waals surface area contributed by atoms with Gasteiger partial charge in [-0.3, -0.25) is 4.79 Å². The summed E-state index contributed by atoms with van der Waals surface area (Å²) in [6, 6.07) is 0.605. The van der Waals surface area contributed by atoms with Gasteiger partial charge in [0, 0.05) is 31.5 Å². The Balaban J connectivity index is 1.62. The molecular weight excluding hydrogens is 240 g/mol. The summed E-state index contributed by atoms with van der Waals surface area (Å²) in [5, 5.41) is 3.09. The molecular formula is C15H28N2O2. The minimum atomic E-state index is 0.210. The van der Waals surface area contributed by atoms with E-state index in [1.54, 1.807) is 7.11 Å². The third kappa shape index (κ3) is 4.46. The maximum atomic E-state index is 11.9. The molecule has 0 radical (unpaired) electrons. The van der Waals surface area contributed by atoms with Crippen molar-refractivity contribution in [2.45, 2.75) is 51.0 Å². The van der Waals surface area contributed by atoms with Gasteiger partial charge in [-0.25, -0.2) is 0 Å². The number of carbonyl (C=O) groups excluding carboxylic acids is 1. The van der Waals surface area contributed by atoms with Crippen LogP contribution in [0.5, 0.6) is 0 Å². The van der Waals surface area contributed by atoms with Crippen LogP contribution in [0.25, 0.3) is 0 Å². The molecule has 1 saturated heterocycles. The van der Waals surface area contributed by atoms with Crippen LogP contribution >= 0.6 is 0 Å². The minimum absolute atomic E-state index is 0.210. The Hall–Kier alpha value is -0.610. The second-order valence-corrected chi connectivity index (χ2v) is 6.38. The lowest BCUT2D eigenvalue weighted by Crippen LogP contribution is -2.38. The number of hydrogen-bond acceptors (Lipinski definition) is 3.